The van der Waals surface area contributed by atoms with Gasteiger partial charge in [-0.15, -0.1) is 0 Å². The summed E-state index contributed by atoms with van der Waals surface area (Å²) in [6.45, 7) is 4.22. The van der Waals surface area contributed by atoms with Gasteiger partial charge in [0.15, 0.2) is 0 Å². The van der Waals surface area contributed by atoms with Gasteiger partial charge in [-0.1, -0.05) is 32.1 Å². The number of carbonyl (C=O) groups is 2. The van der Waals surface area contributed by atoms with E-state index in [1.165, 1.54) is 19.3 Å². The first kappa shape index (κ1) is 24.5. The number of hydrogen-bond donors (Lipinski definition) is 2. The first-order chi connectivity index (χ1) is 16.6. The summed E-state index contributed by atoms with van der Waals surface area (Å²) >= 11 is 0. The Hall–Kier alpha value is -2.61. The van der Waals surface area contributed by atoms with E-state index in [1.807, 2.05) is 21.9 Å². The first-order valence-corrected chi connectivity index (χ1v) is 12.9. The molecule has 1 aliphatic carbocycles. The van der Waals surface area contributed by atoms with Crippen molar-refractivity contribution in [2.45, 2.75) is 83.7 Å². The van der Waals surface area contributed by atoms with Crippen LogP contribution in [0.1, 0.15) is 75.3 Å². The topological polar surface area (TPSA) is 94.5 Å². The lowest BCUT2D eigenvalue weighted by molar-refractivity contribution is -0.135. The van der Waals surface area contributed by atoms with Gasteiger partial charge in [0.25, 0.3) is 0 Å². The smallest absolute Gasteiger partial charge is 0.246 e. The van der Waals surface area contributed by atoms with Crippen LogP contribution in [0.5, 0.6) is 5.75 Å². The molecule has 0 atom stereocenters. The molecule has 34 heavy (non-hydrogen) atoms. The molecule has 186 valence electrons. The molecule has 0 aromatic heterocycles. The van der Waals surface area contributed by atoms with Crippen molar-refractivity contribution in [2.24, 2.45) is 4.99 Å². The Balaban J connectivity index is 1.16. The Labute approximate surface area is 202 Å². The summed E-state index contributed by atoms with van der Waals surface area (Å²) in [6.07, 6.45) is 10.2. The van der Waals surface area contributed by atoms with Gasteiger partial charge in [0, 0.05) is 31.1 Å². The van der Waals surface area contributed by atoms with E-state index in [-0.39, 0.29) is 18.4 Å². The number of nitrogens with one attached hydrogen (secondary N) is 1. The van der Waals surface area contributed by atoms with Gasteiger partial charge in [0.1, 0.15) is 12.3 Å². The van der Waals surface area contributed by atoms with Crippen molar-refractivity contribution in [2.75, 3.05) is 26.3 Å². The van der Waals surface area contributed by atoms with E-state index in [4.69, 9.17) is 4.74 Å². The second-order valence-electron chi connectivity index (χ2n) is 9.64. The minimum atomic E-state index is -0.0162. The largest absolute Gasteiger partial charge is 0.493 e. The van der Waals surface area contributed by atoms with Crippen molar-refractivity contribution >= 4 is 23.5 Å². The molecule has 3 aliphatic rings. The molecule has 2 fully saturated rings. The predicted octanol–water partition coefficient (Wildman–Crippen LogP) is 3.41. The maximum Gasteiger partial charge on any atom is 0.246 e. The van der Waals surface area contributed by atoms with Gasteiger partial charge in [-0.3, -0.25) is 14.9 Å². The molecule has 0 unspecified atom stereocenters. The molecular formula is C26H38N4O4. The fourth-order valence-corrected chi connectivity index (χ4v) is 5.28. The number of carbonyl (C=O) groups excluding carboxylic acids is 2. The first-order valence-electron chi connectivity index (χ1n) is 12.9. The summed E-state index contributed by atoms with van der Waals surface area (Å²) in [5, 5.41) is 12.2. The van der Waals surface area contributed by atoms with Crippen LogP contribution in [0.4, 0.5) is 5.69 Å². The number of nitrogens with zero attached hydrogens (tertiary/aromatic N) is 3. The average Bonchev–Trinajstić information content (AvgIpc) is 3.21. The summed E-state index contributed by atoms with van der Waals surface area (Å²) in [5.74, 6) is 1.69. The minimum absolute atomic E-state index is 0.0162. The number of unbranched alkanes of at least 4 members (excludes halogenated alkanes) is 3. The molecule has 2 heterocycles. The van der Waals surface area contributed by atoms with Crippen LogP contribution >= 0.6 is 0 Å². The Kier molecular flexibility index (Phi) is 8.43. The standard InChI is InChI=1S/C26H38N4O4/c1-19-21-17-29-18-24(32)28-26(29)27-22(21)12-13-23(19)34-16-8-3-2-7-11-25(33)30(14-15-31)20-9-5-4-6-10-20/h12-13,20,31H,2-11,14-18H2,1H3,(H,27,28,32). The van der Waals surface area contributed by atoms with Gasteiger partial charge in [0.05, 0.1) is 18.9 Å². The lowest BCUT2D eigenvalue weighted by Gasteiger charge is -2.34. The highest BCUT2D eigenvalue weighted by Gasteiger charge is 2.30. The molecule has 1 aromatic carbocycles. The zero-order chi connectivity index (χ0) is 23.9. The number of rotatable bonds is 11. The summed E-state index contributed by atoms with van der Waals surface area (Å²) in [6, 6.07) is 4.24. The summed E-state index contributed by atoms with van der Waals surface area (Å²) in [5.41, 5.74) is 3.09. The Bertz CT molecular complexity index is 910. The fraction of sp³-hybridized carbons (Fsp3) is 0.654. The van der Waals surface area contributed by atoms with E-state index < -0.39 is 0 Å². The number of fused-ring (bicyclic) bond motifs is 2. The number of aliphatic hydroxyl groups excluding tert-OH is 1. The SMILES string of the molecule is Cc1c(OCCCCCCC(=O)N(CCO)C2CCCCC2)ccc2c1CN1CC(=O)NC1=N2. The Morgan fingerprint density at radius 3 is 2.76 bits per heavy atom. The van der Waals surface area contributed by atoms with Crippen LogP contribution in [-0.4, -0.2) is 65.0 Å². The van der Waals surface area contributed by atoms with Crippen molar-refractivity contribution in [1.82, 2.24) is 15.1 Å². The lowest BCUT2D eigenvalue weighted by atomic mass is 9.94. The van der Waals surface area contributed by atoms with Crippen molar-refractivity contribution in [3.05, 3.63) is 23.3 Å². The highest BCUT2D eigenvalue weighted by molar-refractivity contribution is 6.05. The van der Waals surface area contributed by atoms with Crippen LogP contribution in [0.15, 0.2) is 17.1 Å². The fourth-order valence-electron chi connectivity index (χ4n) is 5.28. The number of aliphatic hydroxyl groups is 1. The molecule has 8 heteroatoms. The highest BCUT2D eigenvalue weighted by atomic mass is 16.5. The third-order valence-corrected chi connectivity index (χ3v) is 7.20. The third kappa shape index (κ3) is 5.90. The number of benzene rings is 1. The minimum Gasteiger partial charge on any atom is -0.493 e. The molecule has 2 aliphatic heterocycles. The van der Waals surface area contributed by atoms with Crippen molar-refractivity contribution in [3.8, 4) is 5.75 Å². The number of guanidine groups is 1. The number of aliphatic imine (C=N–C) groups is 1. The molecule has 0 radical (unpaired) electrons. The zero-order valence-electron chi connectivity index (χ0n) is 20.4. The van der Waals surface area contributed by atoms with E-state index in [9.17, 15) is 14.7 Å². The quantitative estimate of drug-likeness (QED) is 0.484. The van der Waals surface area contributed by atoms with Crippen LogP contribution in [0.25, 0.3) is 0 Å². The second-order valence-corrected chi connectivity index (χ2v) is 9.64. The van der Waals surface area contributed by atoms with Crippen molar-refractivity contribution in [3.63, 3.8) is 0 Å². The summed E-state index contributed by atoms with van der Waals surface area (Å²) in [4.78, 5) is 32.8. The molecule has 1 aromatic rings. The molecular weight excluding hydrogens is 432 g/mol. The molecule has 2 amide bonds. The molecule has 0 bridgehead atoms. The van der Waals surface area contributed by atoms with Crippen LogP contribution in [-0.2, 0) is 16.1 Å². The number of hydrogen-bond acceptors (Lipinski definition) is 6. The van der Waals surface area contributed by atoms with Crippen LogP contribution in [0.2, 0.25) is 0 Å². The Morgan fingerprint density at radius 1 is 1.18 bits per heavy atom. The van der Waals surface area contributed by atoms with Gasteiger partial charge in [-0.05, 0) is 50.3 Å². The molecule has 1 saturated carbocycles. The molecule has 1 saturated heterocycles. The maximum atomic E-state index is 12.7. The van der Waals surface area contributed by atoms with Crippen molar-refractivity contribution in [1.29, 1.82) is 0 Å². The van der Waals surface area contributed by atoms with Crippen LogP contribution < -0.4 is 10.1 Å². The third-order valence-electron chi connectivity index (χ3n) is 7.20. The van der Waals surface area contributed by atoms with Crippen molar-refractivity contribution < 1.29 is 19.4 Å². The van der Waals surface area contributed by atoms with Gasteiger partial charge in [-0.2, -0.15) is 0 Å². The monoisotopic (exact) mass is 470 g/mol. The van der Waals surface area contributed by atoms with E-state index >= 15 is 0 Å². The molecule has 0 spiro atoms. The lowest BCUT2D eigenvalue weighted by Crippen LogP contribution is -2.43. The summed E-state index contributed by atoms with van der Waals surface area (Å²) in [7, 11) is 0. The molecule has 4 rings (SSSR count). The second kappa shape index (κ2) is 11.7. The van der Waals surface area contributed by atoms with Gasteiger partial charge in [0.2, 0.25) is 17.8 Å². The van der Waals surface area contributed by atoms with Gasteiger partial charge < -0.3 is 19.6 Å². The van der Waals surface area contributed by atoms with Crippen LogP contribution in [0, 0.1) is 6.92 Å². The average molecular weight is 471 g/mol. The Morgan fingerprint density at radius 2 is 1.97 bits per heavy atom. The number of ether oxygens (including phenoxy) is 1. The van der Waals surface area contributed by atoms with Gasteiger partial charge >= 0.3 is 0 Å². The molecule has 8 nitrogen and oxygen atoms in total. The van der Waals surface area contributed by atoms with E-state index in [0.717, 1.165) is 61.1 Å². The number of amides is 2. The zero-order valence-corrected chi connectivity index (χ0v) is 20.4. The molecule has 2 N–H and O–H groups in total. The predicted molar refractivity (Wildman–Crippen MR) is 131 cm³/mol. The maximum absolute atomic E-state index is 12.7. The highest BCUT2D eigenvalue weighted by Crippen LogP contribution is 2.34. The van der Waals surface area contributed by atoms with Crippen LogP contribution in [0.3, 0.4) is 0 Å². The normalized spacial score (nSPS) is 17.6. The summed E-state index contributed by atoms with van der Waals surface area (Å²) < 4.78 is 6.06. The van der Waals surface area contributed by atoms with E-state index in [0.29, 0.717) is 44.7 Å². The van der Waals surface area contributed by atoms with Gasteiger partial charge in [-0.25, -0.2) is 4.99 Å². The van der Waals surface area contributed by atoms with E-state index in [1.54, 1.807) is 0 Å². The van der Waals surface area contributed by atoms with E-state index in [2.05, 4.69) is 17.2 Å².